The van der Waals surface area contributed by atoms with Crippen LogP contribution < -0.4 is 0 Å². The van der Waals surface area contributed by atoms with Gasteiger partial charge in [-0.05, 0) is 35.2 Å². The van der Waals surface area contributed by atoms with Gasteiger partial charge in [0.05, 0.1) is 0 Å². The molecule has 0 radical (unpaired) electrons. The third-order valence-electron chi connectivity index (χ3n) is 3.94. The highest BCUT2D eigenvalue weighted by Gasteiger charge is 2.32. The van der Waals surface area contributed by atoms with Crippen molar-refractivity contribution in [1.82, 2.24) is 4.90 Å². The zero-order valence-electron chi connectivity index (χ0n) is 11.6. The second-order valence-corrected chi connectivity index (χ2v) is 5.33. The van der Waals surface area contributed by atoms with E-state index in [0.717, 1.165) is 29.7 Å². The molecule has 0 amide bonds. The Morgan fingerprint density at radius 2 is 1.86 bits per heavy atom. The number of aromatic hydroxyl groups is 1. The highest BCUT2D eigenvalue weighted by atomic mass is 16.4. The van der Waals surface area contributed by atoms with Crippen LogP contribution >= 0.6 is 0 Å². The Bertz CT molecular complexity index is 651. The molecule has 4 nitrogen and oxygen atoms in total. The van der Waals surface area contributed by atoms with Gasteiger partial charge in [0.15, 0.2) is 0 Å². The van der Waals surface area contributed by atoms with Gasteiger partial charge >= 0.3 is 5.97 Å². The van der Waals surface area contributed by atoms with Crippen molar-refractivity contribution < 1.29 is 15.0 Å². The van der Waals surface area contributed by atoms with Gasteiger partial charge in [0.1, 0.15) is 11.8 Å². The fraction of sp³-hybridized carbons (Fsp3) is 0.235. The first-order valence-corrected chi connectivity index (χ1v) is 6.98. The van der Waals surface area contributed by atoms with E-state index in [2.05, 4.69) is 0 Å². The summed E-state index contributed by atoms with van der Waals surface area (Å²) in [6, 6.07) is 14.0. The van der Waals surface area contributed by atoms with Gasteiger partial charge in [0.2, 0.25) is 0 Å². The van der Waals surface area contributed by atoms with Crippen LogP contribution in [0.4, 0.5) is 0 Å². The Labute approximate surface area is 123 Å². The van der Waals surface area contributed by atoms with Crippen molar-refractivity contribution in [3.8, 4) is 5.75 Å². The van der Waals surface area contributed by atoms with Crippen LogP contribution in [-0.2, 0) is 17.8 Å². The Kier molecular flexibility index (Phi) is 3.62. The molecule has 0 fully saturated rings. The van der Waals surface area contributed by atoms with Gasteiger partial charge in [-0.3, -0.25) is 9.69 Å². The molecule has 0 aliphatic carbocycles. The number of fused-ring (bicyclic) bond motifs is 1. The Balaban J connectivity index is 1.88. The van der Waals surface area contributed by atoms with E-state index >= 15 is 0 Å². The average molecular weight is 283 g/mol. The van der Waals surface area contributed by atoms with E-state index in [4.69, 9.17) is 0 Å². The Morgan fingerprint density at radius 3 is 2.57 bits per heavy atom. The predicted molar refractivity (Wildman–Crippen MR) is 79.0 cm³/mol. The van der Waals surface area contributed by atoms with Crippen LogP contribution in [0.3, 0.4) is 0 Å². The molecule has 0 aromatic heterocycles. The zero-order valence-corrected chi connectivity index (χ0v) is 11.6. The lowest BCUT2D eigenvalue weighted by molar-refractivity contribution is -0.144. The normalized spacial score (nSPS) is 18.2. The number of hydrogen-bond acceptors (Lipinski definition) is 3. The third kappa shape index (κ3) is 2.76. The highest BCUT2D eigenvalue weighted by Crippen LogP contribution is 2.31. The number of phenols is 1. The molecule has 0 saturated carbocycles. The molecule has 3 rings (SSSR count). The third-order valence-corrected chi connectivity index (χ3v) is 3.94. The van der Waals surface area contributed by atoms with Crippen LogP contribution in [0.2, 0.25) is 0 Å². The summed E-state index contributed by atoms with van der Waals surface area (Å²) in [4.78, 5) is 13.7. The van der Waals surface area contributed by atoms with E-state index in [0.29, 0.717) is 6.54 Å². The summed E-state index contributed by atoms with van der Waals surface area (Å²) in [6.45, 7) is 1.28. The molecule has 21 heavy (non-hydrogen) atoms. The number of carboxylic acids is 1. The number of phenolic OH excluding ortho intramolecular Hbond substituents is 1. The standard InChI is InChI=1S/C17H17NO3/c19-14-7-5-12(6-8-14)11-18-10-9-13-3-1-2-4-15(13)16(18)17(20)21/h1-8,16,19H,9-11H2,(H,20,21). The molecule has 1 atom stereocenters. The predicted octanol–water partition coefficient (Wildman–Crippen LogP) is 2.58. The van der Waals surface area contributed by atoms with Gasteiger partial charge in [-0.2, -0.15) is 0 Å². The number of aliphatic carboxylic acids is 1. The maximum atomic E-state index is 11.7. The van der Waals surface area contributed by atoms with Crippen LogP contribution in [0.5, 0.6) is 5.75 Å². The molecule has 1 unspecified atom stereocenters. The number of rotatable bonds is 3. The number of carboxylic acid groups (broad SMARTS) is 1. The van der Waals surface area contributed by atoms with Crippen molar-refractivity contribution >= 4 is 5.97 Å². The Morgan fingerprint density at radius 1 is 1.14 bits per heavy atom. The molecule has 1 aliphatic heterocycles. The first-order chi connectivity index (χ1) is 10.1. The fourth-order valence-corrected chi connectivity index (χ4v) is 2.91. The van der Waals surface area contributed by atoms with Gasteiger partial charge in [-0.15, -0.1) is 0 Å². The van der Waals surface area contributed by atoms with Crippen molar-refractivity contribution in [2.75, 3.05) is 6.54 Å². The minimum atomic E-state index is -0.819. The minimum absolute atomic E-state index is 0.220. The van der Waals surface area contributed by atoms with Gasteiger partial charge in [-0.1, -0.05) is 36.4 Å². The van der Waals surface area contributed by atoms with Gasteiger partial charge in [-0.25, -0.2) is 0 Å². The first-order valence-electron chi connectivity index (χ1n) is 6.98. The molecular weight excluding hydrogens is 266 g/mol. The van der Waals surface area contributed by atoms with Crippen LogP contribution in [0.1, 0.15) is 22.7 Å². The van der Waals surface area contributed by atoms with E-state index < -0.39 is 12.0 Å². The lowest BCUT2D eigenvalue weighted by atomic mass is 9.92. The van der Waals surface area contributed by atoms with Crippen molar-refractivity contribution in [1.29, 1.82) is 0 Å². The SMILES string of the molecule is O=C(O)C1c2ccccc2CCN1Cc1ccc(O)cc1. The lowest BCUT2D eigenvalue weighted by Gasteiger charge is -2.34. The zero-order chi connectivity index (χ0) is 14.8. The fourth-order valence-electron chi connectivity index (χ4n) is 2.91. The molecule has 0 bridgehead atoms. The minimum Gasteiger partial charge on any atom is -0.508 e. The first kappa shape index (κ1) is 13.6. The maximum absolute atomic E-state index is 11.7. The molecule has 2 N–H and O–H groups in total. The second-order valence-electron chi connectivity index (χ2n) is 5.33. The molecule has 0 spiro atoms. The van der Waals surface area contributed by atoms with Gasteiger partial charge < -0.3 is 10.2 Å². The van der Waals surface area contributed by atoms with E-state index in [1.54, 1.807) is 12.1 Å². The Hall–Kier alpha value is -2.33. The quantitative estimate of drug-likeness (QED) is 0.909. The monoisotopic (exact) mass is 283 g/mol. The van der Waals surface area contributed by atoms with Gasteiger partial charge in [0, 0.05) is 13.1 Å². The van der Waals surface area contributed by atoms with Gasteiger partial charge in [0.25, 0.3) is 0 Å². The van der Waals surface area contributed by atoms with Crippen LogP contribution in [-0.4, -0.2) is 27.6 Å². The summed E-state index contributed by atoms with van der Waals surface area (Å²) in [6.07, 6.45) is 0.859. The lowest BCUT2D eigenvalue weighted by Crippen LogP contribution is -2.39. The van der Waals surface area contributed by atoms with E-state index in [1.807, 2.05) is 41.3 Å². The molecular formula is C17H17NO3. The molecule has 108 valence electrons. The summed E-state index contributed by atoms with van der Waals surface area (Å²) in [7, 11) is 0. The largest absolute Gasteiger partial charge is 0.508 e. The molecule has 0 saturated heterocycles. The van der Waals surface area contributed by atoms with Crippen LogP contribution in [0.15, 0.2) is 48.5 Å². The van der Waals surface area contributed by atoms with E-state index in [1.165, 1.54) is 0 Å². The average Bonchev–Trinajstić information content (AvgIpc) is 2.49. The summed E-state index contributed by atoms with van der Waals surface area (Å²) in [5, 5.41) is 18.9. The molecule has 2 aromatic rings. The van der Waals surface area contributed by atoms with Crippen molar-refractivity contribution in [3.05, 3.63) is 65.2 Å². The molecule has 1 heterocycles. The van der Waals surface area contributed by atoms with Crippen molar-refractivity contribution in [2.45, 2.75) is 19.0 Å². The smallest absolute Gasteiger partial charge is 0.325 e. The summed E-state index contributed by atoms with van der Waals surface area (Å²) in [5.41, 5.74) is 3.00. The van der Waals surface area contributed by atoms with Crippen molar-refractivity contribution in [2.24, 2.45) is 0 Å². The number of hydrogen-bond donors (Lipinski definition) is 2. The van der Waals surface area contributed by atoms with Crippen LogP contribution in [0, 0.1) is 0 Å². The number of benzene rings is 2. The number of carbonyl (C=O) groups is 1. The van der Waals surface area contributed by atoms with E-state index in [-0.39, 0.29) is 5.75 Å². The topological polar surface area (TPSA) is 60.8 Å². The van der Waals surface area contributed by atoms with E-state index in [9.17, 15) is 15.0 Å². The summed E-state index contributed by atoms with van der Waals surface area (Å²) in [5.74, 6) is -0.599. The second kappa shape index (κ2) is 5.58. The summed E-state index contributed by atoms with van der Waals surface area (Å²) < 4.78 is 0. The molecule has 1 aliphatic rings. The number of nitrogens with zero attached hydrogens (tertiary/aromatic N) is 1. The molecule has 2 aromatic carbocycles. The summed E-state index contributed by atoms with van der Waals surface area (Å²) >= 11 is 0. The maximum Gasteiger partial charge on any atom is 0.325 e. The van der Waals surface area contributed by atoms with Crippen molar-refractivity contribution in [3.63, 3.8) is 0 Å². The highest BCUT2D eigenvalue weighted by molar-refractivity contribution is 5.76. The van der Waals surface area contributed by atoms with Crippen LogP contribution in [0.25, 0.3) is 0 Å². The molecule has 4 heteroatoms.